The molecule has 100 valence electrons. The molecule has 0 bridgehead atoms. The molecule has 1 rings (SSSR count). The molecule has 1 aromatic carbocycles. The number of methoxy groups -OCH3 is 1. The summed E-state index contributed by atoms with van der Waals surface area (Å²) < 4.78 is 5.26. The van der Waals surface area contributed by atoms with Crippen LogP contribution in [0.2, 0.25) is 0 Å². The van der Waals surface area contributed by atoms with Gasteiger partial charge >= 0.3 is 6.09 Å². The smallest absolute Gasteiger partial charge is 0.407 e. The Morgan fingerprint density at radius 3 is 2.44 bits per heavy atom. The lowest BCUT2D eigenvalue weighted by atomic mass is 10.0. The summed E-state index contributed by atoms with van der Waals surface area (Å²) in [6.45, 7) is 6.13. The van der Waals surface area contributed by atoms with E-state index in [1.807, 2.05) is 45.0 Å². The lowest BCUT2D eigenvalue weighted by Crippen LogP contribution is -2.45. The Morgan fingerprint density at radius 2 is 1.94 bits per heavy atom. The summed E-state index contributed by atoms with van der Waals surface area (Å²) in [5.74, 6) is 0.803. The number of para-hydroxylation sites is 1. The average Bonchev–Trinajstić information content (AvgIpc) is 2.27. The number of carbonyl (C=O) groups is 1. The van der Waals surface area contributed by atoms with Crippen LogP contribution in [0.3, 0.4) is 0 Å². The monoisotopic (exact) mass is 251 g/mol. The quantitative estimate of drug-likeness (QED) is 0.894. The first-order valence-corrected chi connectivity index (χ1v) is 5.98. The van der Waals surface area contributed by atoms with Gasteiger partial charge in [0.15, 0.2) is 0 Å². The molecule has 18 heavy (non-hydrogen) atoms. The van der Waals surface area contributed by atoms with Gasteiger partial charge in [-0.15, -0.1) is 0 Å². The summed E-state index contributed by atoms with van der Waals surface area (Å²) in [7, 11) is 1.62. The van der Waals surface area contributed by atoms with Crippen molar-refractivity contribution in [3.8, 4) is 5.75 Å². The molecule has 0 aliphatic carbocycles. The van der Waals surface area contributed by atoms with Gasteiger partial charge in [0.25, 0.3) is 0 Å². The number of rotatable bonds is 4. The largest absolute Gasteiger partial charge is 0.496 e. The second-order valence-electron chi connectivity index (χ2n) is 5.17. The Bertz CT molecular complexity index is 410. The van der Waals surface area contributed by atoms with Crippen LogP contribution in [0.15, 0.2) is 24.3 Å². The summed E-state index contributed by atoms with van der Waals surface area (Å²) in [5, 5.41) is 9.21. The van der Waals surface area contributed by atoms with E-state index < -0.39 is 11.6 Å². The third kappa shape index (κ3) is 3.65. The van der Waals surface area contributed by atoms with Gasteiger partial charge in [-0.3, -0.25) is 0 Å². The Balaban J connectivity index is 2.77. The van der Waals surface area contributed by atoms with Gasteiger partial charge < -0.3 is 14.7 Å². The lowest BCUT2D eigenvalue weighted by Gasteiger charge is -2.33. The number of carboxylic acid groups (broad SMARTS) is 1. The van der Waals surface area contributed by atoms with Crippen LogP contribution in [0.1, 0.15) is 26.3 Å². The first-order chi connectivity index (χ1) is 8.36. The summed E-state index contributed by atoms with van der Waals surface area (Å²) in [5.41, 5.74) is 0.629. The van der Waals surface area contributed by atoms with Crippen LogP contribution in [0.5, 0.6) is 5.75 Å². The molecule has 0 saturated heterocycles. The molecule has 0 fully saturated rings. The Hall–Kier alpha value is -1.71. The van der Waals surface area contributed by atoms with Crippen LogP contribution in [0.4, 0.5) is 4.79 Å². The average molecular weight is 251 g/mol. The van der Waals surface area contributed by atoms with Crippen molar-refractivity contribution in [2.24, 2.45) is 0 Å². The molecule has 4 heteroatoms. The number of benzene rings is 1. The molecule has 1 amide bonds. The van der Waals surface area contributed by atoms with Crippen molar-refractivity contribution < 1.29 is 14.6 Å². The van der Waals surface area contributed by atoms with Crippen LogP contribution in [-0.2, 0) is 6.42 Å². The van der Waals surface area contributed by atoms with E-state index in [0.29, 0.717) is 13.0 Å². The van der Waals surface area contributed by atoms with E-state index in [1.165, 1.54) is 4.90 Å². The molecule has 0 heterocycles. The molecule has 0 saturated carbocycles. The predicted octanol–water partition coefficient (Wildman–Crippen LogP) is 3.02. The minimum atomic E-state index is -0.891. The van der Waals surface area contributed by atoms with E-state index in [0.717, 1.165) is 11.3 Å². The molecule has 0 spiro atoms. The van der Waals surface area contributed by atoms with E-state index in [-0.39, 0.29) is 0 Å². The topological polar surface area (TPSA) is 49.8 Å². The molecule has 0 aliphatic heterocycles. The molecule has 0 aliphatic rings. The van der Waals surface area contributed by atoms with Crippen LogP contribution >= 0.6 is 0 Å². The van der Waals surface area contributed by atoms with Crippen molar-refractivity contribution in [1.82, 2.24) is 4.90 Å². The van der Waals surface area contributed by atoms with Crippen molar-refractivity contribution >= 4 is 6.09 Å². The van der Waals surface area contributed by atoms with Gasteiger partial charge in [-0.05, 0) is 38.8 Å². The third-order valence-corrected chi connectivity index (χ3v) is 2.84. The van der Waals surface area contributed by atoms with Crippen LogP contribution in [0, 0.1) is 0 Å². The van der Waals surface area contributed by atoms with E-state index in [9.17, 15) is 9.90 Å². The molecule has 4 nitrogen and oxygen atoms in total. The molecule has 0 unspecified atom stereocenters. The van der Waals surface area contributed by atoms with Crippen molar-refractivity contribution in [3.05, 3.63) is 29.8 Å². The highest BCUT2D eigenvalue weighted by atomic mass is 16.5. The van der Waals surface area contributed by atoms with Crippen LogP contribution < -0.4 is 4.74 Å². The first kappa shape index (κ1) is 14.4. The van der Waals surface area contributed by atoms with Gasteiger partial charge in [-0.2, -0.15) is 0 Å². The normalized spacial score (nSPS) is 11.1. The highest BCUT2D eigenvalue weighted by molar-refractivity contribution is 5.66. The number of nitrogens with zero attached hydrogens (tertiary/aromatic N) is 1. The molecule has 0 radical (unpaired) electrons. The van der Waals surface area contributed by atoms with Gasteiger partial charge in [0.05, 0.1) is 7.11 Å². The van der Waals surface area contributed by atoms with E-state index in [2.05, 4.69) is 0 Å². The van der Waals surface area contributed by atoms with E-state index >= 15 is 0 Å². The Labute approximate surface area is 108 Å². The minimum absolute atomic E-state index is 0.395. The molecule has 1 N–H and O–H groups in total. The molecule has 1 aromatic rings. The fourth-order valence-electron chi connectivity index (χ4n) is 1.86. The maximum Gasteiger partial charge on any atom is 0.407 e. The van der Waals surface area contributed by atoms with Gasteiger partial charge in [-0.25, -0.2) is 4.79 Å². The maximum atomic E-state index is 11.2. The molecule has 0 aromatic heterocycles. The van der Waals surface area contributed by atoms with E-state index in [4.69, 9.17) is 4.74 Å². The van der Waals surface area contributed by atoms with Crippen molar-refractivity contribution in [1.29, 1.82) is 0 Å². The van der Waals surface area contributed by atoms with Gasteiger partial charge in [0.1, 0.15) is 5.75 Å². The summed E-state index contributed by atoms with van der Waals surface area (Å²) in [4.78, 5) is 12.7. The summed E-state index contributed by atoms with van der Waals surface area (Å²) in [6.07, 6.45) is -0.245. The number of ether oxygens (including phenoxy) is 1. The van der Waals surface area contributed by atoms with Crippen molar-refractivity contribution in [2.75, 3.05) is 13.7 Å². The fourth-order valence-corrected chi connectivity index (χ4v) is 1.86. The molecular formula is C14H21NO3. The summed E-state index contributed by atoms with van der Waals surface area (Å²) in [6, 6.07) is 7.68. The molecule has 0 atom stereocenters. The minimum Gasteiger partial charge on any atom is -0.496 e. The van der Waals surface area contributed by atoms with Gasteiger partial charge in [-0.1, -0.05) is 18.2 Å². The lowest BCUT2D eigenvalue weighted by molar-refractivity contribution is 0.101. The predicted molar refractivity (Wildman–Crippen MR) is 71.2 cm³/mol. The number of hydrogen-bond donors (Lipinski definition) is 1. The highest BCUT2D eigenvalue weighted by Crippen LogP contribution is 2.20. The van der Waals surface area contributed by atoms with Crippen molar-refractivity contribution in [3.63, 3.8) is 0 Å². The Morgan fingerprint density at radius 1 is 1.33 bits per heavy atom. The zero-order valence-corrected chi connectivity index (χ0v) is 11.4. The standard InChI is InChI=1S/C14H21NO3/c1-14(2,3)15(13(16)17)10-9-11-7-5-6-8-12(11)18-4/h5-8H,9-10H2,1-4H3,(H,16,17). The number of hydrogen-bond acceptors (Lipinski definition) is 2. The second kappa shape index (κ2) is 5.76. The van der Waals surface area contributed by atoms with Gasteiger partial charge in [0.2, 0.25) is 0 Å². The molecular weight excluding hydrogens is 230 g/mol. The zero-order chi connectivity index (χ0) is 13.8. The third-order valence-electron chi connectivity index (χ3n) is 2.84. The van der Waals surface area contributed by atoms with Crippen molar-refractivity contribution in [2.45, 2.75) is 32.7 Å². The SMILES string of the molecule is COc1ccccc1CCN(C(=O)O)C(C)(C)C. The summed E-state index contributed by atoms with van der Waals surface area (Å²) >= 11 is 0. The highest BCUT2D eigenvalue weighted by Gasteiger charge is 2.25. The Kier molecular flexibility index (Phi) is 4.59. The number of amides is 1. The second-order valence-corrected chi connectivity index (χ2v) is 5.17. The zero-order valence-electron chi connectivity index (χ0n) is 11.4. The van der Waals surface area contributed by atoms with Gasteiger partial charge in [0, 0.05) is 12.1 Å². The van der Waals surface area contributed by atoms with E-state index in [1.54, 1.807) is 7.11 Å². The fraction of sp³-hybridized carbons (Fsp3) is 0.500. The van der Waals surface area contributed by atoms with Crippen LogP contribution in [0.25, 0.3) is 0 Å². The first-order valence-electron chi connectivity index (χ1n) is 5.98. The maximum absolute atomic E-state index is 11.2. The van der Waals surface area contributed by atoms with Crippen LogP contribution in [-0.4, -0.2) is 35.3 Å².